The van der Waals surface area contributed by atoms with Gasteiger partial charge >= 0.3 is 0 Å². The Morgan fingerprint density at radius 2 is 1.92 bits per heavy atom. The average molecular weight is 220 g/mol. The summed E-state index contributed by atoms with van der Waals surface area (Å²) in [5, 5.41) is 0. The molecule has 0 aliphatic heterocycles. The minimum atomic E-state index is 0.847. The normalized spacial score (nSPS) is 13.2. The van der Waals surface area contributed by atoms with Crippen molar-refractivity contribution in [3.05, 3.63) is 0 Å². The van der Waals surface area contributed by atoms with Gasteiger partial charge in [0.15, 0.2) is 0 Å². The Labute approximate surface area is 93.7 Å². The molecule has 0 spiro atoms. The van der Waals surface area contributed by atoms with Gasteiger partial charge in [-0.3, -0.25) is 0 Å². The van der Waals surface area contributed by atoms with Crippen LogP contribution < -0.4 is 0 Å². The van der Waals surface area contributed by atoms with E-state index in [0.717, 1.165) is 11.7 Å². The number of thiol groups is 1. The molecule has 0 aliphatic carbocycles. The molecule has 0 saturated carbocycles. The van der Waals surface area contributed by atoms with E-state index < -0.39 is 0 Å². The lowest BCUT2D eigenvalue weighted by Crippen LogP contribution is -2.05. The number of unbranched alkanes of at least 4 members (excludes halogenated alkanes) is 2. The van der Waals surface area contributed by atoms with E-state index in [9.17, 15) is 0 Å². The zero-order valence-electron chi connectivity index (χ0n) is 9.09. The second-order valence-electron chi connectivity index (χ2n) is 3.62. The van der Waals surface area contributed by atoms with Crippen molar-refractivity contribution in [3.63, 3.8) is 0 Å². The summed E-state index contributed by atoms with van der Waals surface area (Å²) in [7, 11) is 0. The van der Waals surface area contributed by atoms with E-state index in [4.69, 9.17) is 0 Å². The summed E-state index contributed by atoms with van der Waals surface area (Å²) in [6, 6.07) is 0. The molecule has 0 aromatic rings. The largest absolute Gasteiger partial charge is 0.179 e. The molecule has 0 nitrogen and oxygen atoms in total. The van der Waals surface area contributed by atoms with Gasteiger partial charge in [0, 0.05) is 0 Å². The van der Waals surface area contributed by atoms with Crippen LogP contribution in [0.4, 0.5) is 0 Å². The third-order valence-corrected chi connectivity index (χ3v) is 4.00. The molecular formula is C11H24S2. The van der Waals surface area contributed by atoms with Crippen LogP contribution in [0.25, 0.3) is 0 Å². The fourth-order valence-corrected chi connectivity index (χ4v) is 3.02. The van der Waals surface area contributed by atoms with Gasteiger partial charge in [-0.1, -0.05) is 33.1 Å². The molecule has 13 heavy (non-hydrogen) atoms. The molecule has 0 amide bonds. The molecular weight excluding hydrogens is 196 g/mol. The van der Waals surface area contributed by atoms with Gasteiger partial charge in [0.2, 0.25) is 0 Å². The Balaban J connectivity index is 3.17. The second-order valence-corrected chi connectivity index (χ2v) is 5.13. The van der Waals surface area contributed by atoms with Gasteiger partial charge in [0.25, 0.3) is 0 Å². The zero-order valence-corrected chi connectivity index (χ0v) is 10.8. The van der Waals surface area contributed by atoms with E-state index in [2.05, 4.69) is 38.2 Å². The van der Waals surface area contributed by atoms with Crippen LogP contribution in [0.3, 0.4) is 0 Å². The summed E-state index contributed by atoms with van der Waals surface area (Å²) < 4.78 is 0. The van der Waals surface area contributed by atoms with E-state index in [1.54, 1.807) is 0 Å². The van der Waals surface area contributed by atoms with E-state index >= 15 is 0 Å². The molecule has 0 aliphatic rings. The maximum atomic E-state index is 4.38. The van der Waals surface area contributed by atoms with E-state index in [1.165, 1.54) is 43.6 Å². The van der Waals surface area contributed by atoms with Crippen LogP contribution in [0.5, 0.6) is 0 Å². The fraction of sp³-hybridized carbons (Fsp3) is 1.00. The molecule has 80 valence electrons. The molecule has 0 N–H and O–H groups in total. The van der Waals surface area contributed by atoms with Gasteiger partial charge in [0.05, 0.1) is 0 Å². The van der Waals surface area contributed by atoms with Gasteiger partial charge < -0.3 is 0 Å². The second kappa shape index (κ2) is 10.8. The molecule has 0 radical (unpaired) electrons. The van der Waals surface area contributed by atoms with Crippen LogP contribution in [0.1, 0.15) is 46.0 Å². The Morgan fingerprint density at radius 1 is 1.15 bits per heavy atom. The van der Waals surface area contributed by atoms with Gasteiger partial charge in [-0.15, -0.1) is 0 Å². The van der Waals surface area contributed by atoms with Crippen molar-refractivity contribution >= 4 is 24.4 Å². The first kappa shape index (κ1) is 13.7. The SMILES string of the molecule is CCCCCSCC(CS)CCC. The topological polar surface area (TPSA) is 0 Å². The maximum Gasteiger partial charge on any atom is -0.00313 e. The third kappa shape index (κ3) is 9.01. The van der Waals surface area contributed by atoms with Crippen molar-refractivity contribution in [2.75, 3.05) is 17.3 Å². The standard InChI is InChI=1S/C11H24S2/c1-3-5-6-8-13-10-11(9-12)7-4-2/h11-12H,3-10H2,1-2H3. The minimum absolute atomic E-state index is 0.847. The molecule has 0 rings (SSSR count). The van der Waals surface area contributed by atoms with Crippen LogP contribution in [0.2, 0.25) is 0 Å². The Morgan fingerprint density at radius 3 is 2.46 bits per heavy atom. The first-order valence-corrected chi connectivity index (χ1v) is 7.32. The smallest absolute Gasteiger partial charge is 0.00313 e. The predicted molar refractivity (Wildman–Crippen MR) is 69.1 cm³/mol. The Hall–Kier alpha value is 0.700. The van der Waals surface area contributed by atoms with Crippen LogP contribution in [0, 0.1) is 5.92 Å². The molecule has 1 atom stereocenters. The first-order valence-electron chi connectivity index (χ1n) is 5.53. The van der Waals surface area contributed by atoms with Gasteiger partial charge in [0.1, 0.15) is 0 Å². The van der Waals surface area contributed by atoms with Gasteiger partial charge in [-0.25, -0.2) is 0 Å². The first-order chi connectivity index (χ1) is 6.35. The molecule has 0 heterocycles. The highest BCUT2D eigenvalue weighted by molar-refractivity contribution is 7.99. The number of hydrogen-bond acceptors (Lipinski definition) is 2. The van der Waals surface area contributed by atoms with Crippen LogP contribution in [-0.4, -0.2) is 17.3 Å². The quantitative estimate of drug-likeness (QED) is 0.447. The Kier molecular flexibility index (Phi) is 11.4. The van der Waals surface area contributed by atoms with Crippen LogP contribution in [0.15, 0.2) is 0 Å². The van der Waals surface area contributed by atoms with E-state index in [0.29, 0.717) is 0 Å². The minimum Gasteiger partial charge on any atom is -0.179 e. The molecule has 0 aromatic carbocycles. The van der Waals surface area contributed by atoms with Crippen molar-refractivity contribution in [2.24, 2.45) is 5.92 Å². The molecule has 1 unspecified atom stereocenters. The molecule has 0 saturated heterocycles. The highest BCUT2D eigenvalue weighted by Crippen LogP contribution is 2.16. The summed E-state index contributed by atoms with van der Waals surface area (Å²) in [5.74, 6) is 4.58. The van der Waals surface area contributed by atoms with Crippen LogP contribution >= 0.6 is 24.4 Å². The van der Waals surface area contributed by atoms with E-state index in [-0.39, 0.29) is 0 Å². The highest BCUT2D eigenvalue weighted by atomic mass is 32.2. The maximum absolute atomic E-state index is 4.38. The highest BCUT2D eigenvalue weighted by Gasteiger charge is 2.04. The summed E-state index contributed by atoms with van der Waals surface area (Å²) >= 11 is 6.50. The monoisotopic (exact) mass is 220 g/mol. The summed E-state index contributed by atoms with van der Waals surface area (Å²) in [5.41, 5.74) is 0. The van der Waals surface area contributed by atoms with E-state index in [1.807, 2.05) is 0 Å². The summed E-state index contributed by atoms with van der Waals surface area (Å²) in [6.07, 6.45) is 6.79. The molecule has 0 aromatic heterocycles. The van der Waals surface area contributed by atoms with Gasteiger partial charge in [-0.05, 0) is 36.0 Å². The molecule has 0 fully saturated rings. The fourth-order valence-electron chi connectivity index (χ4n) is 1.34. The Bertz CT molecular complexity index is 94.1. The number of rotatable bonds is 9. The van der Waals surface area contributed by atoms with Crippen molar-refractivity contribution < 1.29 is 0 Å². The third-order valence-electron chi connectivity index (χ3n) is 2.20. The number of hydrogen-bond donors (Lipinski definition) is 1. The van der Waals surface area contributed by atoms with Crippen molar-refractivity contribution in [2.45, 2.75) is 46.0 Å². The number of thioether (sulfide) groups is 1. The lowest BCUT2D eigenvalue weighted by Gasteiger charge is -2.12. The lowest BCUT2D eigenvalue weighted by molar-refractivity contribution is 0.595. The van der Waals surface area contributed by atoms with Crippen molar-refractivity contribution in [3.8, 4) is 0 Å². The van der Waals surface area contributed by atoms with Gasteiger partial charge in [-0.2, -0.15) is 24.4 Å². The van der Waals surface area contributed by atoms with Crippen molar-refractivity contribution in [1.29, 1.82) is 0 Å². The van der Waals surface area contributed by atoms with Crippen molar-refractivity contribution in [1.82, 2.24) is 0 Å². The van der Waals surface area contributed by atoms with Crippen LogP contribution in [-0.2, 0) is 0 Å². The summed E-state index contributed by atoms with van der Waals surface area (Å²) in [6.45, 7) is 4.52. The zero-order chi connectivity index (χ0) is 9.94. The average Bonchev–Trinajstić information content (AvgIpc) is 2.16. The molecule has 0 bridgehead atoms. The summed E-state index contributed by atoms with van der Waals surface area (Å²) in [4.78, 5) is 0. The molecule has 2 heteroatoms. The lowest BCUT2D eigenvalue weighted by atomic mass is 10.1. The predicted octanol–water partition coefficient (Wildman–Crippen LogP) is 4.26.